The Morgan fingerprint density at radius 1 is 1.71 bits per heavy atom. The van der Waals surface area contributed by atoms with Crippen molar-refractivity contribution >= 4 is 0 Å². The lowest BCUT2D eigenvalue weighted by atomic mass is 10.2. The number of rotatable bonds is 3. The van der Waals surface area contributed by atoms with Gasteiger partial charge in [-0.1, -0.05) is 13.3 Å². The van der Waals surface area contributed by atoms with E-state index in [1.165, 1.54) is 0 Å². The minimum atomic E-state index is -0.597. The van der Waals surface area contributed by atoms with Crippen molar-refractivity contribution in [2.24, 2.45) is 5.73 Å². The molecule has 44 valence electrons. The highest BCUT2D eigenvalue weighted by Gasteiger charge is 1.90. The van der Waals surface area contributed by atoms with Gasteiger partial charge in [0.05, 0.1) is 0 Å². The summed E-state index contributed by atoms with van der Waals surface area (Å²) in [6.07, 6.45) is 2.27. The Morgan fingerprint density at radius 3 is 2.43 bits per heavy atom. The first kappa shape index (κ1) is 6.92. The van der Waals surface area contributed by atoms with E-state index >= 15 is 0 Å². The monoisotopic (exact) mass is 103 g/mol. The highest BCUT2D eigenvalue weighted by Crippen LogP contribution is 1.93. The van der Waals surface area contributed by atoms with Crippen molar-refractivity contribution in [2.75, 3.05) is 0 Å². The van der Waals surface area contributed by atoms with Crippen LogP contribution in [0, 0.1) is 0 Å². The molecule has 0 rings (SSSR count). The van der Waals surface area contributed by atoms with Gasteiger partial charge >= 0.3 is 0 Å². The summed E-state index contributed by atoms with van der Waals surface area (Å²) in [6.45, 7) is 2.07. The van der Waals surface area contributed by atoms with Gasteiger partial charge < -0.3 is 10.8 Å². The quantitative estimate of drug-likeness (QED) is 0.509. The van der Waals surface area contributed by atoms with E-state index in [0.29, 0.717) is 0 Å². The number of aliphatic hydroxyl groups excluding tert-OH is 1. The molecule has 0 aliphatic heterocycles. The predicted octanol–water partition coefficient (Wildman–Crippen LogP) is 0.454. The van der Waals surface area contributed by atoms with E-state index < -0.39 is 6.23 Å². The molecule has 0 fully saturated rings. The first-order chi connectivity index (χ1) is 3.27. The molecule has 2 nitrogen and oxygen atoms in total. The van der Waals surface area contributed by atoms with Gasteiger partial charge in [-0.15, -0.1) is 0 Å². The first-order valence-electron chi connectivity index (χ1n) is 2.71. The second-order valence-corrected chi connectivity index (χ2v) is 1.71. The molecule has 0 aromatic rings. The third-order valence-electron chi connectivity index (χ3n) is 0.853. The highest BCUT2D eigenvalue weighted by atomic mass is 16.3. The minimum absolute atomic E-state index is 0.597. The Morgan fingerprint density at radius 2 is 2.29 bits per heavy atom. The maximum absolute atomic E-state index is 8.46. The molecule has 0 unspecified atom stereocenters. The molecule has 0 aromatic carbocycles. The van der Waals surface area contributed by atoms with Crippen LogP contribution in [-0.4, -0.2) is 11.3 Å². The molecule has 0 aliphatic carbocycles. The van der Waals surface area contributed by atoms with E-state index in [4.69, 9.17) is 10.8 Å². The zero-order valence-electron chi connectivity index (χ0n) is 4.72. The number of hydrogen-bond donors (Lipinski definition) is 2. The van der Waals surface area contributed by atoms with Gasteiger partial charge in [-0.3, -0.25) is 0 Å². The van der Waals surface area contributed by atoms with Crippen molar-refractivity contribution < 1.29 is 5.11 Å². The van der Waals surface area contributed by atoms with Gasteiger partial charge in [0.2, 0.25) is 0 Å². The largest absolute Gasteiger partial charge is 0.379 e. The standard InChI is InChI=1S/C5H13NO/c1-2-3-4-5(6)7/h5,7H,2-4,6H2,1H3/t5-/m0/s1. The van der Waals surface area contributed by atoms with Crippen LogP contribution < -0.4 is 5.73 Å². The van der Waals surface area contributed by atoms with Gasteiger partial charge in [-0.25, -0.2) is 0 Å². The Bertz CT molecular complexity index is 37.1. The molecule has 3 N–H and O–H groups in total. The van der Waals surface area contributed by atoms with Crippen LogP contribution in [0.2, 0.25) is 0 Å². The van der Waals surface area contributed by atoms with Crippen LogP contribution in [-0.2, 0) is 0 Å². The molecule has 2 heteroatoms. The molecular weight excluding hydrogens is 90.1 g/mol. The molecule has 0 aromatic heterocycles. The summed E-state index contributed by atoms with van der Waals surface area (Å²) in [4.78, 5) is 0. The molecule has 0 amide bonds. The number of nitrogens with two attached hydrogens (primary N) is 1. The molecule has 0 aliphatic rings. The third-order valence-corrected chi connectivity index (χ3v) is 0.853. The smallest absolute Gasteiger partial charge is 0.102 e. The van der Waals surface area contributed by atoms with Crippen LogP contribution in [0.5, 0.6) is 0 Å². The maximum atomic E-state index is 8.46. The Kier molecular flexibility index (Phi) is 4.04. The van der Waals surface area contributed by atoms with E-state index in [2.05, 4.69) is 6.92 Å². The van der Waals surface area contributed by atoms with Crippen molar-refractivity contribution in [3.63, 3.8) is 0 Å². The van der Waals surface area contributed by atoms with E-state index in [1.54, 1.807) is 0 Å². The lowest BCUT2D eigenvalue weighted by Gasteiger charge is -1.98. The van der Waals surface area contributed by atoms with Gasteiger partial charge in [0, 0.05) is 0 Å². The molecule has 0 bridgehead atoms. The van der Waals surface area contributed by atoms with Gasteiger partial charge in [0.1, 0.15) is 6.23 Å². The van der Waals surface area contributed by atoms with E-state index in [0.717, 1.165) is 19.3 Å². The van der Waals surface area contributed by atoms with Crippen molar-refractivity contribution in [1.29, 1.82) is 0 Å². The summed E-state index contributed by atoms with van der Waals surface area (Å²) in [7, 11) is 0. The molecule has 0 saturated carbocycles. The molecule has 0 saturated heterocycles. The van der Waals surface area contributed by atoms with Gasteiger partial charge in [0.25, 0.3) is 0 Å². The molecule has 0 radical (unpaired) electrons. The molecule has 0 heterocycles. The molecule has 0 spiro atoms. The van der Waals surface area contributed by atoms with E-state index in [9.17, 15) is 0 Å². The van der Waals surface area contributed by atoms with Crippen LogP contribution in [0.3, 0.4) is 0 Å². The third kappa shape index (κ3) is 5.92. The lowest BCUT2D eigenvalue weighted by molar-refractivity contribution is 0.169. The highest BCUT2D eigenvalue weighted by molar-refractivity contribution is 4.42. The Labute approximate surface area is 44.3 Å². The zero-order chi connectivity index (χ0) is 5.70. The fraction of sp³-hybridized carbons (Fsp3) is 1.00. The summed E-state index contributed by atoms with van der Waals surface area (Å²) in [5.74, 6) is 0. The van der Waals surface area contributed by atoms with Crippen molar-refractivity contribution in [1.82, 2.24) is 0 Å². The van der Waals surface area contributed by atoms with E-state index in [1.807, 2.05) is 0 Å². The predicted molar refractivity (Wildman–Crippen MR) is 29.7 cm³/mol. The lowest BCUT2D eigenvalue weighted by Crippen LogP contribution is -2.17. The molecule has 1 atom stereocenters. The number of aliphatic hydroxyl groups is 1. The van der Waals surface area contributed by atoms with Gasteiger partial charge in [-0.05, 0) is 12.8 Å². The summed E-state index contributed by atoms with van der Waals surface area (Å²) in [6, 6.07) is 0. The second kappa shape index (κ2) is 4.09. The van der Waals surface area contributed by atoms with Crippen molar-refractivity contribution in [3.05, 3.63) is 0 Å². The minimum Gasteiger partial charge on any atom is -0.379 e. The van der Waals surface area contributed by atoms with Crippen LogP contribution in [0.15, 0.2) is 0 Å². The maximum Gasteiger partial charge on any atom is 0.102 e. The number of hydrogen-bond acceptors (Lipinski definition) is 2. The van der Waals surface area contributed by atoms with Gasteiger partial charge in [-0.2, -0.15) is 0 Å². The summed E-state index contributed by atoms with van der Waals surface area (Å²) >= 11 is 0. The summed E-state index contributed by atoms with van der Waals surface area (Å²) in [5.41, 5.74) is 5.03. The summed E-state index contributed by atoms with van der Waals surface area (Å²) in [5, 5.41) is 8.46. The Balaban J connectivity index is 2.68. The van der Waals surface area contributed by atoms with E-state index in [-0.39, 0.29) is 0 Å². The summed E-state index contributed by atoms with van der Waals surface area (Å²) < 4.78 is 0. The Hall–Kier alpha value is -0.0800. The van der Waals surface area contributed by atoms with Crippen LogP contribution in [0.1, 0.15) is 26.2 Å². The topological polar surface area (TPSA) is 46.2 Å². The van der Waals surface area contributed by atoms with Crippen molar-refractivity contribution in [3.8, 4) is 0 Å². The average Bonchev–Trinajstić information content (AvgIpc) is 1.61. The normalized spacial score (nSPS) is 14.1. The van der Waals surface area contributed by atoms with Gasteiger partial charge in [0.15, 0.2) is 0 Å². The van der Waals surface area contributed by atoms with Crippen LogP contribution in [0.25, 0.3) is 0 Å². The number of unbranched alkanes of at least 4 members (excludes halogenated alkanes) is 1. The molecule has 7 heavy (non-hydrogen) atoms. The van der Waals surface area contributed by atoms with Crippen LogP contribution >= 0.6 is 0 Å². The SMILES string of the molecule is CCCC[C@@H](N)O. The zero-order valence-corrected chi connectivity index (χ0v) is 4.72. The first-order valence-corrected chi connectivity index (χ1v) is 2.71. The fourth-order valence-corrected chi connectivity index (χ4v) is 0.413. The second-order valence-electron chi connectivity index (χ2n) is 1.71. The molecular formula is C5H13NO. The van der Waals surface area contributed by atoms with Crippen LogP contribution in [0.4, 0.5) is 0 Å². The average molecular weight is 103 g/mol. The van der Waals surface area contributed by atoms with Crippen molar-refractivity contribution in [2.45, 2.75) is 32.4 Å². The fourth-order valence-electron chi connectivity index (χ4n) is 0.413.